The Balaban J connectivity index is 1.72. The number of carbonyl (C=O) groups is 2. The maximum absolute atomic E-state index is 14.9. The number of unbranched alkanes of at least 4 members (excludes halogenated alkanes) is 1. The first-order valence-corrected chi connectivity index (χ1v) is 15.7. The number of hydrogen-bond acceptors (Lipinski definition) is 6. The Labute approximate surface area is 246 Å². The SMILES string of the molecule is CCCCNC(=O)C(Cc1ccccc1)N(Cc1ccccc1F)C(=O)CN(c1ccc2c(c1)OCCO2)S(C)(=O)=O. The Morgan fingerprint density at radius 1 is 0.976 bits per heavy atom. The van der Waals surface area contributed by atoms with Crippen LogP contribution in [0.2, 0.25) is 0 Å². The van der Waals surface area contributed by atoms with Gasteiger partial charge in [-0.15, -0.1) is 0 Å². The van der Waals surface area contributed by atoms with Crippen molar-refractivity contribution in [3.8, 4) is 11.5 Å². The second kappa shape index (κ2) is 14.2. The lowest BCUT2D eigenvalue weighted by Gasteiger charge is -2.33. The lowest BCUT2D eigenvalue weighted by atomic mass is 10.0. The van der Waals surface area contributed by atoms with E-state index in [1.807, 2.05) is 37.3 Å². The molecule has 2 amide bonds. The second-order valence-electron chi connectivity index (χ2n) is 10.1. The number of ether oxygens (including phenoxy) is 2. The minimum Gasteiger partial charge on any atom is -0.486 e. The minimum absolute atomic E-state index is 0.155. The van der Waals surface area contributed by atoms with E-state index >= 15 is 0 Å². The number of fused-ring (bicyclic) bond motifs is 1. The van der Waals surface area contributed by atoms with Gasteiger partial charge < -0.3 is 19.7 Å². The molecule has 42 heavy (non-hydrogen) atoms. The van der Waals surface area contributed by atoms with Crippen molar-refractivity contribution in [1.82, 2.24) is 10.2 Å². The second-order valence-corrected chi connectivity index (χ2v) is 12.0. The number of nitrogens with one attached hydrogen (secondary N) is 1. The first-order valence-electron chi connectivity index (χ1n) is 13.9. The van der Waals surface area contributed by atoms with Gasteiger partial charge in [-0.05, 0) is 30.2 Å². The van der Waals surface area contributed by atoms with Crippen LogP contribution < -0.4 is 19.1 Å². The summed E-state index contributed by atoms with van der Waals surface area (Å²) in [5.41, 5.74) is 1.20. The molecular formula is C31H36FN3O6S. The van der Waals surface area contributed by atoms with Crippen molar-refractivity contribution in [2.45, 2.75) is 38.8 Å². The van der Waals surface area contributed by atoms with Gasteiger partial charge in [0.25, 0.3) is 0 Å². The third-order valence-electron chi connectivity index (χ3n) is 6.89. The Kier molecular flexibility index (Phi) is 10.4. The first kappa shape index (κ1) is 30.8. The Morgan fingerprint density at radius 3 is 2.36 bits per heavy atom. The zero-order chi connectivity index (χ0) is 30.1. The zero-order valence-electron chi connectivity index (χ0n) is 23.8. The van der Waals surface area contributed by atoms with Crippen molar-refractivity contribution in [1.29, 1.82) is 0 Å². The molecule has 1 atom stereocenters. The summed E-state index contributed by atoms with van der Waals surface area (Å²) in [4.78, 5) is 29.0. The van der Waals surface area contributed by atoms with E-state index in [1.54, 1.807) is 18.2 Å². The smallest absolute Gasteiger partial charge is 0.244 e. The standard InChI is InChI=1S/C31H36FN3O6S/c1-3-4-16-33-31(37)27(19-23-10-6-5-7-11-23)34(21-24-12-8-9-13-26(24)32)30(36)22-35(42(2,38)39)25-14-15-28-29(20-25)41-18-17-40-28/h5-15,20,27H,3-4,16-19,21-22H2,1-2H3,(H,33,37). The quantitative estimate of drug-likeness (QED) is 0.300. The molecule has 224 valence electrons. The van der Waals surface area contributed by atoms with Crippen molar-refractivity contribution in [3.05, 3.63) is 89.7 Å². The number of anilines is 1. The zero-order valence-corrected chi connectivity index (χ0v) is 24.6. The number of halogens is 1. The summed E-state index contributed by atoms with van der Waals surface area (Å²) < 4.78 is 52.9. The van der Waals surface area contributed by atoms with Crippen LogP contribution in [0.4, 0.5) is 10.1 Å². The van der Waals surface area contributed by atoms with Gasteiger partial charge in [0.1, 0.15) is 31.6 Å². The van der Waals surface area contributed by atoms with E-state index < -0.39 is 40.2 Å². The number of nitrogens with zero attached hydrogens (tertiary/aromatic N) is 2. The van der Waals surface area contributed by atoms with Crippen LogP contribution in [0.5, 0.6) is 11.5 Å². The van der Waals surface area contributed by atoms with Gasteiger partial charge >= 0.3 is 0 Å². The summed E-state index contributed by atoms with van der Waals surface area (Å²) in [5, 5.41) is 2.90. The number of carbonyl (C=O) groups excluding carboxylic acids is 2. The molecule has 0 aliphatic carbocycles. The van der Waals surface area contributed by atoms with Crippen LogP contribution in [0, 0.1) is 5.82 Å². The summed E-state index contributed by atoms with van der Waals surface area (Å²) >= 11 is 0. The highest BCUT2D eigenvalue weighted by molar-refractivity contribution is 7.92. The molecule has 0 aromatic heterocycles. The monoisotopic (exact) mass is 597 g/mol. The molecule has 3 aromatic carbocycles. The maximum atomic E-state index is 14.9. The first-order chi connectivity index (χ1) is 20.2. The maximum Gasteiger partial charge on any atom is 0.244 e. The van der Waals surface area contributed by atoms with Crippen LogP contribution >= 0.6 is 0 Å². The number of rotatable bonds is 13. The van der Waals surface area contributed by atoms with Crippen molar-refractivity contribution in [2.75, 3.05) is 36.9 Å². The summed E-state index contributed by atoms with van der Waals surface area (Å²) in [5.74, 6) is -0.766. The van der Waals surface area contributed by atoms with E-state index in [0.29, 0.717) is 31.3 Å². The lowest BCUT2D eigenvalue weighted by molar-refractivity contribution is -0.140. The van der Waals surface area contributed by atoms with Crippen molar-refractivity contribution in [2.24, 2.45) is 0 Å². The summed E-state index contributed by atoms with van der Waals surface area (Å²) in [6, 6.07) is 18.8. The average Bonchev–Trinajstić information content (AvgIpc) is 2.98. The Bertz CT molecular complexity index is 1480. The molecule has 0 spiro atoms. The predicted octanol–water partition coefficient (Wildman–Crippen LogP) is 3.92. The van der Waals surface area contributed by atoms with Crippen LogP contribution in [0.3, 0.4) is 0 Å². The van der Waals surface area contributed by atoms with E-state index in [0.717, 1.165) is 29.0 Å². The van der Waals surface area contributed by atoms with Crippen LogP contribution in [-0.2, 0) is 32.6 Å². The fourth-order valence-corrected chi connectivity index (χ4v) is 5.51. The van der Waals surface area contributed by atoms with Crippen molar-refractivity contribution >= 4 is 27.5 Å². The molecule has 1 unspecified atom stereocenters. The van der Waals surface area contributed by atoms with Gasteiger partial charge in [-0.3, -0.25) is 13.9 Å². The van der Waals surface area contributed by atoms with Gasteiger partial charge in [0.05, 0.1) is 11.9 Å². The molecule has 0 radical (unpaired) electrons. The Hall–Kier alpha value is -4.12. The van der Waals surface area contributed by atoms with Crippen LogP contribution in [0.15, 0.2) is 72.8 Å². The fourth-order valence-electron chi connectivity index (χ4n) is 4.67. The van der Waals surface area contributed by atoms with Crippen LogP contribution in [-0.4, -0.2) is 63.7 Å². The molecular weight excluding hydrogens is 561 g/mol. The molecule has 1 aliphatic rings. The molecule has 11 heteroatoms. The van der Waals surface area contributed by atoms with E-state index in [1.165, 1.54) is 29.2 Å². The minimum atomic E-state index is -3.96. The fraction of sp³-hybridized carbons (Fsp3) is 0.355. The molecule has 0 fully saturated rings. The number of benzene rings is 3. The van der Waals surface area contributed by atoms with Crippen LogP contribution in [0.1, 0.15) is 30.9 Å². The van der Waals surface area contributed by atoms with Gasteiger partial charge in [-0.25, -0.2) is 12.8 Å². The third kappa shape index (κ3) is 8.00. The van der Waals surface area contributed by atoms with Crippen LogP contribution in [0.25, 0.3) is 0 Å². The van der Waals surface area contributed by atoms with Gasteiger partial charge in [-0.1, -0.05) is 61.9 Å². The average molecular weight is 598 g/mol. The highest BCUT2D eigenvalue weighted by Crippen LogP contribution is 2.34. The lowest BCUT2D eigenvalue weighted by Crippen LogP contribution is -2.53. The molecule has 0 saturated heterocycles. The van der Waals surface area contributed by atoms with Gasteiger partial charge in [0.15, 0.2) is 11.5 Å². The molecule has 1 N–H and O–H groups in total. The molecule has 9 nitrogen and oxygen atoms in total. The molecule has 3 aromatic rings. The highest BCUT2D eigenvalue weighted by Gasteiger charge is 2.33. The van der Waals surface area contributed by atoms with E-state index in [9.17, 15) is 22.4 Å². The van der Waals surface area contributed by atoms with E-state index in [4.69, 9.17) is 9.47 Å². The molecule has 0 bridgehead atoms. The van der Waals surface area contributed by atoms with Gasteiger partial charge in [0, 0.05) is 31.1 Å². The highest BCUT2D eigenvalue weighted by atomic mass is 32.2. The summed E-state index contributed by atoms with van der Waals surface area (Å²) in [6.45, 7) is 2.24. The van der Waals surface area contributed by atoms with Gasteiger partial charge in [-0.2, -0.15) is 0 Å². The largest absolute Gasteiger partial charge is 0.486 e. The van der Waals surface area contributed by atoms with E-state index in [-0.39, 0.29) is 24.2 Å². The Morgan fingerprint density at radius 2 is 1.67 bits per heavy atom. The summed E-state index contributed by atoms with van der Waals surface area (Å²) in [6.07, 6.45) is 2.76. The van der Waals surface area contributed by atoms with Crippen molar-refractivity contribution < 1.29 is 31.9 Å². The normalized spacial score (nSPS) is 13.2. The number of amides is 2. The molecule has 0 saturated carbocycles. The topological polar surface area (TPSA) is 105 Å². The predicted molar refractivity (Wildman–Crippen MR) is 158 cm³/mol. The molecule has 1 heterocycles. The molecule has 1 aliphatic heterocycles. The summed E-state index contributed by atoms with van der Waals surface area (Å²) in [7, 11) is -3.96. The van der Waals surface area contributed by atoms with Gasteiger partial charge in [0.2, 0.25) is 21.8 Å². The number of sulfonamides is 1. The van der Waals surface area contributed by atoms with E-state index in [2.05, 4.69) is 5.32 Å². The third-order valence-corrected chi connectivity index (χ3v) is 8.03. The number of hydrogen-bond donors (Lipinski definition) is 1. The molecule has 4 rings (SSSR count). The van der Waals surface area contributed by atoms with Crippen molar-refractivity contribution in [3.63, 3.8) is 0 Å².